The predicted molar refractivity (Wildman–Crippen MR) is 286 cm³/mol. The fourth-order valence-electron chi connectivity index (χ4n) is 10.5. The molecule has 0 nitrogen and oxygen atoms in total. The van der Waals surface area contributed by atoms with Crippen LogP contribution in [0.25, 0.3) is 129 Å². The van der Waals surface area contributed by atoms with E-state index in [1.165, 1.54) is 151 Å². The van der Waals surface area contributed by atoms with Gasteiger partial charge >= 0.3 is 0 Å². The lowest BCUT2D eigenvalue weighted by Gasteiger charge is -2.29. The average Bonchev–Trinajstić information content (AvgIpc) is 3.21. The quantitative estimate of drug-likeness (QED) is 0.0467. The minimum atomic E-state index is 1.30. The molecule has 0 fully saturated rings. The first-order valence-corrected chi connectivity index (χ1v) is 24.1. The van der Waals surface area contributed by atoms with Gasteiger partial charge in [0.25, 0.3) is 0 Å². The minimum Gasteiger partial charge on any atom is -0.0616 e. The van der Waals surface area contributed by atoms with E-state index in [0.29, 0.717) is 0 Å². The van der Waals surface area contributed by atoms with Crippen molar-refractivity contribution in [3.63, 3.8) is 0 Å². The van der Waals surface area contributed by atoms with Gasteiger partial charge in [-0.2, -0.15) is 0 Å². The molecule has 252 valence electrons. The maximum atomic E-state index is 2.69. The molecule has 54 heavy (non-hydrogen) atoms. The van der Waals surface area contributed by atoms with Crippen LogP contribution in [0.1, 0.15) is 0 Å². The first-order chi connectivity index (χ1) is 26.4. The van der Waals surface area contributed by atoms with Crippen molar-refractivity contribution in [2.45, 2.75) is 0 Å². The average molecular weight is 1360 g/mol. The van der Waals surface area contributed by atoms with Gasteiger partial charge in [-0.05, 0) is 244 Å². The number of fused-ring (bicyclic) bond motifs is 18. The summed E-state index contributed by atoms with van der Waals surface area (Å²) in [6.07, 6.45) is 0. The van der Waals surface area contributed by atoms with Gasteiger partial charge in [-0.15, -0.1) is 0 Å². The van der Waals surface area contributed by atoms with Crippen LogP contribution in [0.3, 0.4) is 0 Å². The van der Waals surface area contributed by atoms with Crippen molar-refractivity contribution in [1.82, 2.24) is 0 Å². The van der Waals surface area contributed by atoms with Crippen LogP contribution in [-0.4, -0.2) is 0 Å². The second-order valence-electron chi connectivity index (χ2n) is 14.5. The Kier molecular flexibility index (Phi) is 7.01. The van der Waals surface area contributed by atoms with E-state index in [-0.39, 0.29) is 0 Å². The fraction of sp³-hybridized carbons (Fsp3) is 0. The molecule has 0 radical (unpaired) electrons. The standard InChI is InChI=1S/C48H18I6/c49-28-18-17-27-32-24-14-6-5-13-23(24)30-20-10-2-1-9-19(20)29-21-11-3-4-12-22(21)31-25-15-7-8-16-26(25)33-39-37(31)35(29)36(30)38(32)41(39)40(34(27)44(28)50)43-42(33)45(51)47(53)48(54)46(43)52/h1-18H. The topological polar surface area (TPSA) is 0 Å². The van der Waals surface area contributed by atoms with Crippen LogP contribution >= 0.6 is 136 Å². The molecular formula is C48H18I6. The van der Waals surface area contributed by atoms with Crippen LogP contribution in [-0.2, 0) is 0 Å². The molecule has 0 saturated heterocycles. The Labute approximate surface area is 389 Å². The molecule has 0 N–H and O–H groups in total. The third kappa shape index (κ3) is 3.77. The minimum absolute atomic E-state index is 1.30. The Bertz CT molecular complexity index is 3890. The Morgan fingerprint density at radius 2 is 0.463 bits per heavy atom. The normalized spacial score (nSPS) is 13.0. The molecule has 6 heteroatoms. The van der Waals surface area contributed by atoms with Gasteiger partial charge in [0.05, 0.1) is 0 Å². The Balaban J connectivity index is 1.62. The van der Waals surface area contributed by atoms with E-state index in [9.17, 15) is 0 Å². The third-order valence-electron chi connectivity index (χ3n) is 12.2. The van der Waals surface area contributed by atoms with E-state index in [1.54, 1.807) is 0 Å². The maximum Gasteiger partial charge on any atom is 0.0414 e. The van der Waals surface area contributed by atoms with Crippen LogP contribution in [0, 0.1) is 21.4 Å². The number of rotatable bonds is 0. The zero-order chi connectivity index (χ0) is 36.0. The van der Waals surface area contributed by atoms with Gasteiger partial charge in [-0.1, -0.05) is 103 Å². The molecule has 0 unspecified atom stereocenters. The van der Waals surface area contributed by atoms with Gasteiger partial charge in [-0.25, -0.2) is 0 Å². The zero-order valence-corrected chi connectivity index (χ0v) is 40.6. The molecule has 0 saturated carbocycles. The van der Waals surface area contributed by atoms with Crippen LogP contribution in [0.5, 0.6) is 0 Å². The molecule has 0 aliphatic rings. The first-order valence-electron chi connectivity index (χ1n) is 17.6. The molecule has 0 bridgehead atoms. The SMILES string of the molecule is Ic1ccc2c(c1I)c1c3c(I)c(I)c(I)c(I)c3c3c4ccccc4c4c5ccccc5c5c6ccccc6c6c7ccccc7c2c2c6c5c4c3c12. The van der Waals surface area contributed by atoms with Crippen molar-refractivity contribution in [2.24, 2.45) is 0 Å². The summed E-state index contributed by atoms with van der Waals surface area (Å²) in [4.78, 5) is 0. The Morgan fingerprint density at radius 3 is 0.852 bits per heavy atom. The first kappa shape index (κ1) is 33.1. The molecule has 0 aliphatic carbocycles. The lowest BCUT2D eigenvalue weighted by molar-refractivity contribution is 1.57. The highest BCUT2D eigenvalue weighted by molar-refractivity contribution is 14.1. The van der Waals surface area contributed by atoms with Gasteiger partial charge in [0.1, 0.15) is 0 Å². The van der Waals surface area contributed by atoms with Crippen molar-refractivity contribution in [3.8, 4) is 0 Å². The summed E-state index contributed by atoms with van der Waals surface area (Å²) in [6, 6.07) is 41.8. The molecule has 0 atom stereocenters. The molecule has 13 rings (SSSR count). The maximum absolute atomic E-state index is 2.69. The van der Waals surface area contributed by atoms with Gasteiger partial charge < -0.3 is 0 Å². The molecule has 13 aromatic rings. The molecule has 0 aromatic heterocycles. The number of benzene rings is 13. The summed E-state index contributed by atoms with van der Waals surface area (Å²) < 4.78 is 8.00. The monoisotopic (exact) mass is 1360 g/mol. The van der Waals surface area contributed by atoms with Crippen molar-refractivity contribution >= 4 is 265 Å². The molecular weight excluding hydrogens is 1340 g/mol. The van der Waals surface area contributed by atoms with Crippen molar-refractivity contribution in [3.05, 3.63) is 131 Å². The predicted octanol–water partition coefficient (Wildman–Crippen LogP) is 17.5. The van der Waals surface area contributed by atoms with Gasteiger partial charge in [0, 0.05) is 48.4 Å². The van der Waals surface area contributed by atoms with Crippen molar-refractivity contribution < 1.29 is 0 Å². The van der Waals surface area contributed by atoms with Crippen molar-refractivity contribution in [1.29, 1.82) is 0 Å². The van der Waals surface area contributed by atoms with Crippen LogP contribution in [0.15, 0.2) is 109 Å². The zero-order valence-electron chi connectivity index (χ0n) is 27.7. The lowest BCUT2D eigenvalue weighted by atomic mass is 9.74. The van der Waals surface area contributed by atoms with E-state index in [4.69, 9.17) is 0 Å². The summed E-state index contributed by atoms with van der Waals surface area (Å²) in [7, 11) is 0. The molecule has 0 amide bonds. The van der Waals surface area contributed by atoms with Gasteiger partial charge in [0.2, 0.25) is 0 Å². The second-order valence-corrected chi connectivity index (χ2v) is 21.0. The smallest absolute Gasteiger partial charge is 0.0414 e. The van der Waals surface area contributed by atoms with E-state index < -0.39 is 0 Å². The number of halogens is 6. The van der Waals surface area contributed by atoms with Crippen LogP contribution in [0.4, 0.5) is 0 Å². The third-order valence-corrected chi connectivity index (χ3v) is 22.7. The second kappa shape index (κ2) is 11.4. The highest BCUT2D eigenvalue weighted by Gasteiger charge is 2.32. The highest BCUT2D eigenvalue weighted by Crippen LogP contribution is 2.60. The molecule has 13 aromatic carbocycles. The summed E-state index contributed by atoms with van der Waals surface area (Å²) in [5, 5.41) is 33.1. The van der Waals surface area contributed by atoms with Gasteiger partial charge in [-0.3, -0.25) is 0 Å². The summed E-state index contributed by atoms with van der Waals surface area (Å²) in [5.74, 6) is 0. The number of hydrogen-bond acceptors (Lipinski definition) is 0. The number of hydrogen-bond donors (Lipinski definition) is 0. The van der Waals surface area contributed by atoms with E-state index in [0.717, 1.165) is 0 Å². The molecule has 0 spiro atoms. The van der Waals surface area contributed by atoms with E-state index in [1.807, 2.05) is 0 Å². The largest absolute Gasteiger partial charge is 0.0616 e. The summed E-state index contributed by atoms with van der Waals surface area (Å²) in [5.41, 5.74) is 0. The van der Waals surface area contributed by atoms with Crippen LogP contribution in [0.2, 0.25) is 0 Å². The Hall–Kier alpha value is -1.86. The molecule has 0 heterocycles. The highest BCUT2D eigenvalue weighted by atomic mass is 127. The lowest BCUT2D eigenvalue weighted by Crippen LogP contribution is -2.02. The molecule has 0 aliphatic heterocycles. The van der Waals surface area contributed by atoms with E-state index >= 15 is 0 Å². The van der Waals surface area contributed by atoms with Crippen molar-refractivity contribution in [2.75, 3.05) is 0 Å². The van der Waals surface area contributed by atoms with Gasteiger partial charge in [0.15, 0.2) is 0 Å². The van der Waals surface area contributed by atoms with E-state index in [2.05, 4.69) is 245 Å². The summed E-state index contributed by atoms with van der Waals surface area (Å²) >= 11 is 15.8. The summed E-state index contributed by atoms with van der Waals surface area (Å²) in [6.45, 7) is 0. The fourth-order valence-corrected chi connectivity index (χ4v) is 15.4. The van der Waals surface area contributed by atoms with Crippen LogP contribution < -0.4 is 0 Å². The Morgan fingerprint density at radius 1 is 0.185 bits per heavy atom.